The van der Waals surface area contributed by atoms with Crippen LogP contribution >= 0.6 is 0 Å². The van der Waals surface area contributed by atoms with Crippen LogP contribution in [0.15, 0.2) is 24.3 Å². The van der Waals surface area contributed by atoms with Gasteiger partial charge in [-0.2, -0.15) is 0 Å². The molecule has 3 atom stereocenters. The normalized spacial score (nSPS) is 41.0. The van der Waals surface area contributed by atoms with E-state index in [1.165, 1.54) is 13.0 Å². The molecule has 0 saturated carbocycles. The van der Waals surface area contributed by atoms with Crippen LogP contribution in [0.5, 0.6) is 0 Å². The maximum atomic E-state index is 3.52. The van der Waals surface area contributed by atoms with Crippen molar-refractivity contribution in [2.45, 2.75) is 19.4 Å². The summed E-state index contributed by atoms with van der Waals surface area (Å²) in [6.45, 7) is 3.47. The standard InChI is InChI=1S/C10H15N/c1-2-8-7-11-10-6-4-3-5-9(8)10/h3-6,8-11H,2,7H2,1H3. The van der Waals surface area contributed by atoms with Gasteiger partial charge in [0, 0.05) is 12.0 Å². The lowest BCUT2D eigenvalue weighted by atomic mass is 9.86. The molecule has 1 saturated heterocycles. The van der Waals surface area contributed by atoms with E-state index in [0.29, 0.717) is 6.04 Å². The molecule has 0 bridgehead atoms. The van der Waals surface area contributed by atoms with Crippen molar-refractivity contribution >= 4 is 0 Å². The molecule has 60 valence electrons. The summed E-state index contributed by atoms with van der Waals surface area (Å²) in [6, 6.07) is 0.630. The summed E-state index contributed by atoms with van der Waals surface area (Å²) in [4.78, 5) is 0. The van der Waals surface area contributed by atoms with Gasteiger partial charge in [0.25, 0.3) is 0 Å². The highest BCUT2D eigenvalue weighted by molar-refractivity contribution is 5.20. The molecule has 0 spiro atoms. The van der Waals surface area contributed by atoms with Crippen molar-refractivity contribution in [3.05, 3.63) is 24.3 Å². The first kappa shape index (κ1) is 7.11. The first-order valence-electron chi connectivity index (χ1n) is 4.50. The van der Waals surface area contributed by atoms with Gasteiger partial charge in [0.15, 0.2) is 0 Å². The van der Waals surface area contributed by atoms with Gasteiger partial charge in [-0.3, -0.25) is 0 Å². The molecule has 0 amide bonds. The first-order valence-corrected chi connectivity index (χ1v) is 4.50. The molecule has 11 heavy (non-hydrogen) atoms. The largest absolute Gasteiger partial charge is 0.310 e. The average molecular weight is 149 g/mol. The second kappa shape index (κ2) is 2.82. The van der Waals surface area contributed by atoms with Crippen LogP contribution in [0.1, 0.15) is 13.3 Å². The molecule has 3 unspecified atom stereocenters. The van der Waals surface area contributed by atoms with E-state index in [1.54, 1.807) is 0 Å². The second-order valence-electron chi connectivity index (χ2n) is 3.45. The van der Waals surface area contributed by atoms with Crippen LogP contribution in [0.4, 0.5) is 0 Å². The first-order chi connectivity index (χ1) is 5.42. The monoisotopic (exact) mass is 149 g/mol. The van der Waals surface area contributed by atoms with Crippen LogP contribution in [-0.2, 0) is 0 Å². The van der Waals surface area contributed by atoms with E-state index in [4.69, 9.17) is 0 Å². The van der Waals surface area contributed by atoms with Crippen molar-refractivity contribution in [3.63, 3.8) is 0 Å². The van der Waals surface area contributed by atoms with Gasteiger partial charge in [-0.1, -0.05) is 37.6 Å². The molecule has 1 aliphatic heterocycles. The van der Waals surface area contributed by atoms with E-state index in [1.807, 2.05) is 0 Å². The highest BCUT2D eigenvalue weighted by atomic mass is 15.0. The van der Waals surface area contributed by atoms with Gasteiger partial charge in [0.05, 0.1) is 0 Å². The molecule has 0 radical (unpaired) electrons. The van der Waals surface area contributed by atoms with Crippen molar-refractivity contribution in [1.29, 1.82) is 0 Å². The predicted molar refractivity (Wildman–Crippen MR) is 47.3 cm³/mol. The van der Waals surface area contributed by atoms with E-state index < -0.39 is 0 Å². The highest BCUT2D eigenvalue weighted by Crippen LogP contribution is 2.28. The Morgan fingerprint density at radius 3 is 3.00 bits per heavy atom. The van der Waals surface area contributed by atoms with Crippen LogP contribution in [0.3, 0.4) is 0 Å². The summed E-state index contributed by atoms with van der Waals surface area (Å²) in [6.07, 6.45) is 10.2. The van der Waals surface area contributed by atoms with Gasteiger partial charge in [-0.05, 0) is 12.5 Å². The van der Waals surface area contributed by atoms with Gasteiger partial charge in [0.2, 0.25) is 0 Å². The lowest BCUT2D eigenvalue weighted by Gasteiger charge is -2.19. The minimum atomic E-state index is 0.630. The Balaban J connectivity index is 2.13. The average Bonchev–Trinajstić information content (AvgIpc) is 2.47. The van der Waals surface area contributed by atoms with Crippen molar-refractivity contribution in [1.82, 2.24) is 5.32 Å². The molecular weight excluding hydrogens is 134 g/mol. The Kier molecular flexibility index (Phi) is 1.82. The number of fused-ring (bicyclic) bond motifs is 1. The molecule has 1 N–H and O–H groups in total. The molecular formula is C10H15N. The predicted octanol–water partition coefficient (Wildman–Crippen LogP) is 1.73. The third kappa shape index (κ3) is 1.14. The topological polar surface area (TPSA) is 12.0 Å². The fourth-order valence-corrected chi connectivity index (χ4v) is 2.12. The van der Waals surface area contributed by atoms with Crippen molar-refractivity contribution in [2.24, 2.45) is 11.8 Å². The summed E-state index contributed by atoms with van der Waals surface area (Å²) < 4.78 is 0. The summed E-state index contributed by atoms with van der Waals surface area (Å²) in [7, 11) is 0. The zero-order chi connectivity index (χ0) is 7.68. The summed E-state index contributed by atoms with van der Waals surface area (Å²) in [5, 5.41) is 3.52. The van der Waals surface area contributed by atoms with Crippen LogP contribution in [0.25, 0.3) is 0 Å². The van der Waals surface area contributed by atoms with Crippen molar-refractivity contribution in [3.8, 4) is 0 Å². The van der Waals surface area contributed by atoms with E-state index >= 15 is 0 Å². The van der Waals surface area contributed by atoms with E-state index in [2.05, 4.69) is 36.5 Å². The lowest BCUT2D eigenvalue weighted by Crippen LogP contribution is -2.24. The molecule has 1 heterocycles. The Hall–Kier alpha value is -0.560. The molecule has 1 heteroatoms. The van der Waals surface area contributed by atoms with Gasteiger partial charge in [-0.15, -0.1) is 0 Å². The quantitative estimate of drug-likeness (QED) is 0.598. The summed E-state index contributed by atoms with van der Waals surface area (Å²) in [5.41, 5.74) is 0. The fraction of sp³-hybridized carbons (Fsp3) is 0.600. The molecule has 1 fully saturated rings. The maximum Gasteiger partial charge on any atom is 0.0319 e. The Labute approximate surface area is 68.2 Å². The fourth-order valence-electron chi connectivity index (χ4n) is 2.12. The van der Waals surface area contributed by atoms with E-state index in [-0.39, 0.29) is 0 Å². The molecule has 1 nitrogen and oxygen atoms in total. The van der Waals surface area contributed by atoms with Gasteiger partial charge in [-0.25, -0.2) is 0 Å². The SMILES string of the molecule is CCC1CNC2C=CC=CC12. The van der Waals surface area contributed by atoms with Gasteiger partial charge < -0.3 is 5.32 Å². The van der Waals surface area contributed by atoms with Crippen LogP contribution in [0.2, 0.25) is 0 Å². The van der Waals surface area contributed by atoms with Crippen LogP contribution in [-0.4, -0.2) is 12.6 Å². The van der Waals surface area contributed by atoms with Crippen LogP contribution < -0.4 is 5.32 Å². The minimum absolute atomic E-state index is 0.630. The summed E-state index contributed by atoms with van der Waals surface area (Å²) >= 11 is 0. The zero-order valence-electron chi connectivity index (χ0n) is 6.96. The van der Waals surface area contributed by atoms with Crippen molar-refractivity contribution in [2.75, 3.05) is 6.54 Å². The molecule has 0 aromatic rings. The molecule has 0 aromatic carbocycles. The summed E-state index contributed by atoms with van der Waals surface area (Å²) in [5.74, 6) is 1.63. The minimum Gasteiger partial charge on any atom is -0.310 e. The Morgan fingerprint density at radius 2 is 2.18 bits per heavy atom. The Bertz CT molecular complexity index is 193. The number of rotatable bonds is 1. The van der Waals surface area contributed by atoms with Gasteiger partial charge in [0.1, 0.15) is 0 Å². The number of nitrogens with one attached hydrogen (secondary N) is 1. The molecule has 0 aromatic heterocycles. The molecule has 1 aliphatic carbocycles. The second-order valence-corrected chi connectivity index (χ2v) is 3.45. The maximum absolute atomic E-state index is 3.52. The number of hydrogen-bond donors (Lipinski definition) is 1. The van der Waals surface area contributed by atoms with Gasteiger partial charge >= 0.3 is 0 Å². The van der Waals surface area contributed by atoms with E-state index in [9.17, 15) is 0 Å². The van der Waals surface area contributed by atoms with Crippen LogP contribution in [0, 0.1) is 11.8 Å². The number of hydrogen-bond acceptors (Lipinski definition) is 1. The third-order valence-electron chi connectivity index (χ3n) is 2.86. The lowest BCUT2D eigenvalue weighted by molar-refractivity contribution is 0.454. The van der Waals surface area contributed by atoms with Crippen molar-refractivity contribution < 1.29 is 0 Å². The van der Waals surface area contributed by atoms with E-state index in [0.717, 1.165) is 11.8 Å². The Morgan fingerprint density at radius 1 is 1.36 bits per heavy atom. The molecule has 2 rings (SSSR count). The third-order valence-corrected chi connectivity index (χ3v) is 2.86. The smallest absolute Gasteiger partial charge is 0.0319 e. The zero-order valence-corrected chi connectivity index (χ0v) is 6.96. The highest BCUT2D eigenvalue weighted by Gasteiger charge is 2.31. The number of allylic oxidation sites excluding steroid dienone is 2. The molecule has 2 aliphatic rings.